The fourth-order valence-electron chi connectivity index (χ4n) is 1.47. The van der Waals surface area contributed by atoms with E-state index in [1.807, 2.05) is 6.92 Å². The largest absolute Gasteiger partial charge is 0.463 e. The van der Waals surface area contributed by atoms with Crippen LogP contribution in [0.5, 0.6) is 5.75 Å². The summed E-state index contributed by atoms with van der Waals surface area (Å²) >= 11 is 17.9. The van der Waals surface area contributed by atoms with Gasteiger partial charge in [0.2, 0.25) is 0 Å². The molecule has 1 aromatic carbocycles. The van der Waals surface area contributed by atoms with E-state index in [0.29, 0.717) is 27.4 Å². The van der Waals surface area contributed by atoms with E-state index in [1.165, 1.54) is 0 Å². The summed E-state index contributed by atoms with van der Waals surface area (Å²) in [5.41, 5.74) is 0. The topological polar surface area (TPSA) is 18.5 Å². The molecule has 0 aliphatic carbocycles. The summed E-state index contributed by atoms with van der Waals surface area (Å²) < 4.78 is 11.2. The quantitative estimate of drug-likeness (QED) is 0.483. The van der Waals surface area contributed by atoms with E-state index in [-0.39, 0.29) is 6.29 Å². The zero-order valence-corrected chi connectivity index (χ0v) is 12.8. The first-order valence-corrected chi connectivity index (χ1v) is 7.14. The first-order chi connectivity index (χ1) is 8.58. The van der Waals surface area contributed by atoms with E-state index in [9.17, 15) is 0 Å². The summed E-state index contributed by atoms with van der Waals surface area (Å²) in [5, 5.41) is 1.27. The Morgan fingerprint density at radius 2 is 1.72 bits per heavy atom. The number of hydrogen-bond acceptors (Lipinski definition) is 2. The maximum atomic E-state index is 6.06. The highest BCUT2D eigenvalue weighted by molar-refractivity contribution is 6.43. The zero-order valence-electron chi connectivity index (χ0n) is 10.5. The van der Waals surface area contributed by atoms with Gasteiger partial charge in [0.1, 0.15) is 5.75 Å². The molecule has 0 fully saturated rings. The number of rotatable bonds is 7. The fourth-order valence-corrected chi connectivity index (χ4v) is 2.05. The van der Waals surface area contributed by atoms with Crippen molar-refractivity contribution in [1.82, 2.24) is 0 Å². The van der Waals surface area contributed by atoms with Crippen molar-refractivity contribution in [3.05, 3.63) is 27.2 Å². The van der Waals surface area contributed by atoms with E-state index >= 15 is 0 Å². The fraction of sp³-hybridized carbons (Fsp3) is 0.538. The lowest BCUT2D eigenvalue weighted by atomic mass is 10.2. The molecule has 0 saturated heterocycles. The van der Waals surface area contributed by atoms with Crippen LogP contribution in [-0.2, 0) is 4.74 Å². The molecule has 1 atom stereocenters. The number of unbranched alkanes of at least 4 members (excludes halogenated alkanes) is 1. The molecule has 5 heteroatoms. The maximum absolute atomic E-state index is 6.06. The van der Waals surface area contributed by atoms with Gasteiger partial charge in [0.15, 0.2) is 6.29 Å². The Kier molecular flexibility index (Phi) is 7.16. The van der Waals surface area contributed by atoms with E-state index in [2.05, 4.69) is 6.92 Å². The Morgan fingerprint density at radius 1 is 1.06 bits per heavy atom. The lowest BCUT2D eigenvalue weighted by molar-refractivity contribution is -0.0805. The smallest absolute Gasteiger partial charge is 0.199 e. The molecule has 1 aromatic rings. The normalized spacial score (nSPS) is 12.5. The molecule has 2 nitrogen and oxygen atoms in total. The second-order valence-corrected chi connectivity index (χ2v) is 5.06. The Bertz CT molecular complexity index is 383. The van der Waals surface area contributed by atoms with Gasteiger partial charge in [-0.2, -0.15) is 0 Å². The Hall–Kier alpha value is -0.150. The van der Waals surface area contributed by atoms with Gasteiger partial charge in [0.05, 0.1) is 15.1 Å². The minimum atomic E-state index is -0.301. The number of ether oxygens (including phenoxy) is 2. The van der Waals surface area contributed by atoms with Crippen molar-refractivity contribution < 1.29 is 9.47 Å². The molecule has 18 heavy (non-hydrogen) atoms. The summed E-state index contributed by atoms with van der Waals surface area (Å²) in [4.78, 5) is 0. The second-order valence-electron chi connectivity index (χ2n) is 3.84. The highest BCUT2D eigenvalue weighted by atomic mass is 35.5. The molecular formula is C13H17Cl3O2. The third-order valence-corrected chi connectivity index (χ3v) is 3.40. The summed E-state index contributed by atoms with van der Waals surface area (Å²) in [7, 11) is 0. The molecule has 0 aliphatic heterocycles. The lowest BCUT2D eigenvalue weighted by Gasteiger charge is -2.19. The van der Waals surface area contributed by atoms with Crippen molar-refractivity contribution in [3.8, 4) is 5.75 Å². The first-order valence-electron chi connectivity index (χ1n) is 6.01. The molecule has 0 radical (unpaired) electrons. The third kappa shape index (κ3) is 4.85. The van der Waals surface area contributed by atoms with Gasteiger partial charge in [-0.05, 0) is 19.4 Å². The van der Waals surface area contributed by atoms with Crippen molar-refractivity contribution in [2.24, 2.45) is 0 Å². The van der Waals surface area contributed by atoms with Crippen LogP contribution < -0.4 is 4.74 Å². The highest BCUT2D eigenvalue weighted by Gasteiger charge is 2.14. The Balaban J connectivity index is 2.76. The van der Waals surface area contributed by atoms with Crippen LogP contribution in [0.3, 0.4) is 0 Å². The van der Waals surface area contributed by atoms with Crippen molar-refractivity contribution in [2.45, 2.75) is 39.4 Å². The van der Waals surface area contributed by atoms with Crippen molar-refractivity contribution in [3.63, 3.8) is 0 Å². The van der Waals surface area contributed by atoms with E-state index in [4.69, 9.17) is 44.3 Å². The molecule has 1 rings (SSSR count). The Labute approximate surface area is 123 Å². The number of benzene rings is 1. The van der Waals surface area contributed by atoms with Gasteiger partial charge >= 0.3 is 0 Å². The van der Waals surface area contributed by atoms with E-state index in [1.54, 1.807) is 12.1 Å². The molecule has 0 amide bonds. The zero-order chi connectivity index (χ0) is 13.5. The summed E-state index contributed by atoms with van der Waals surface area (Å²) in [6.45, 7) is 4.64. The van der Waals surface area contributed by atoms with Crippen molar-refractivity contribution in [2.75, 3.05) is 6.61 Å². The monoisotopic (exact) mass is 310 g/mol. The summed E-state index contributed by atoms with van der Waals surface area (Å²) in [6, 6.07) is 3.19. The lowest BCUT2D eigenvalue weighted by Crippen LogP contribution is -2.20. The van der Waals surface area contributed by atoms with E-state index in [0.717, 1.165) is 19.3 Å². The van der Waals surface area contributed by atoms with Crippen LogP contribution >= 0.6 is 34.8 Å². The molecule has 1 unspecified atom stereocenters. The van der Waals surface area contributed by atoms with Crippen LogP contribution in [0.15, 0.2) is 12.1 Å². The molecule has 0 heterocycles. The summed E-state index contributed by atoms with van der Waals surface area (Å²) in [5.74, 6) is 0.501. The van der Waals surface area contributed by atoms with Crippen LogP contribution in [0.25, 0.3) is 0 Å². The van der Waals surface area contributed by atoms with Crippen LogP contribution in [0, 0.1) is 0 Å². The maximum Gasteiger partial charge on any atom is 0.199 e. The minimum absolute atomic E-state index is 0.301. The van der Waals surface area contributed by atoms with Crippen LogP contribution in [0.2, 0.25) is 15.1 Å². The molecule has 0 spiro atoms. The van der Waals surface area contributed by atoms with Gasteiger partial charge in [-0.25, -0.2) is 0 Å². The first kappa shape index (κ1) is 15.9. The van der Waals surface area contributed by atoms with Gasteiger partial charge < -0.3 is 9.47 Å². The molecular weight excluding hydrogens is 294 g/mol. The SMILES string of the molecule is CCCCC(OCC)Oc1cc(Cl)c(Cl)cc1Cl. The molecule has 0 bridgehead atoms. The second kappa shape index (κ2) is 8.11. The molecule has 0 aliphatic rings. The predicted octanol–water partition coefficient (Wildman–Crippen LogP) is 5.58. The standard InChI is InChI=1S/C13H17Cl3O2/c1-3-5-6-13(17-4-2)18-12-8-10(15)9(14)7-11(12)16/h7-8,13H,3-6H2,1-2H3. The van der Waals surface area contributed by atoms with Crippen LogP contribution in [-0.4, -0.2) is 12.9 Å². The average molecular weight is 312 g/mol. The Morgan fingerprint density at radius 3 is 2.33 bits per heavy atom. The van der Waals surface area contributed by atoms with Crippen LogP contribution in [0.1, 0.15) is 33.1 Å². The predicted molar refractivity (Wildman–Crippen MR) is 77.0 cm³/mol. The van der Waals surface area contributed by atoms with Gasteiger partial charge in [-0.3, -0.25) is 0 Å². The minimum Gasteiger partial charge on any atom is -0.463 e. The van der Waals surface area contributed by atoms with Gasteiger partial charge in [-0.15, -0.1) is 0 Å². The van der Waals surface area contributed by atoms with E-state index < -0.39 is 0 Å². The number of halogens is 3. The van der Waals surface area contributed by atoms with Gasteiger partial charge in [0, 0.05) is 19.1 Å². The van der Waals surface area contributed by atoms with Gasteiger partial charge in [0.25, 0.3) is 0 Å². The van der Waals surface area contributed by atoms with Crippen molar-refractivity contribution >= 4 is 34.8 Å². The average Bonchev–Trinajstić information content (AvgIpc) is 2.33. The molecule has 0 saturated carbocycles. The third-order valence-electron chi connectivity index (χ3n) is 2.38. The number of hydrogen-bond donors (Lipinski definition) is 0. The highest BCUT2D eigenvalue weighted by Crippen LogP contribution is 2.34. The summed E-state index contributed by atoms with van der Waals surface area (Å²) in [6.07, 6.45) is 2.64. The molecule has 102 valence electrons. The van der Waals surface area contributed by atoms with Gasteiger partial charge in [-0.1, -0.05) is 48.1 Å². The molecule has 0 N–H and O–H groups in total. The molecule has 0 aromatic heterocycles. The van der Waals surface area contributed by atoms with Crippen LogP contribution in [0.4, 0.5) is 0 Å². The van der Waals surface area contributed by atoms with Crippen molar-refractivity contribution in [1.29, 1.82) is 0 Å².